The average molecular weight is 407 g/mol. The third-order valence-electron chi connectivity index (χ3n) is 4.30. The Balaban J connectivity index is 1.65. The van der Waals surface area contributed by atoms with Crippen LogP contribution in [0.1, 0.15) is 19.4 Å². The summed E-state index contributed by atoms with van der Waals surface area (Å²) in [6.07, 6.45) is 5.22. The molecule has 0 spiro atoms. The zero-order valence-corrected chi connectivity index (χ0v) is 17.0. The van der Waals surface area contributed by atoms with Gasteiger partial charge in [-0.3, -0.25) is 9.59 Å². The third kappa shape index (κ3) is 5.08. The minimum atomic E-state index is -0.415. The molecule has 1 fully saturated rings. The van der Waals surface area contributed by atoms with E-state index in [2.05, 4.69) is 5.32 Å². The molecule has 1 N–H and O–H groups in total. The van der Waals surface area contributed by atoms with Crippen molar-refractivity contribution in [3.8, 4) is 5.75 Å². The van der Waals surface area contributed by atoms with Crippen LogP contribution in [-0.4, -0.2) is 47.5 Å². The molecule has 2 heterocycles. The minimum absolute atomic E-state index is 0.0840. The monoisotopic (exact) mass is 406 g/mol. The molecule has 2 aliphatic heterocycles. The fraction of sp³-hybridized carbons (Fsp3) is 0.400. The van der Waals surface area contributed by atoms with E-state index in [0.717, 1.165) is 16.9 Å². The predicted octanol–water partition coefficient (Wildman–Crippen LogP) is 3.35. The topological polar surface area (TPSA) is 58.6 Å². The number of rotatable bonds is 5. The first-order chi connectivity index (χ1) is 12.9. The minimum Gasteiger partial charge on any atom is -0.488 e. The number of hydrogen-bond donors (Lipinski definition) is 1. The van der Waals surface area contributed by atoms with Crippen LogP contribution in [0.25, 0.3) is 6.08 Å². The molecule has 1 saturated heterocycles. The van der Waals surface area contributed by atoms with Crippen LogP contribution >= 0.6 is 23.4 Å². The van der Waals surface area contributed by atoms with Crippen molar-refractivity contribution >= 4 is 41.3 Å². The Hall–Kier alpha value is -1.92. The number of fused-ring (bicyclic) bond motifs is 1. The van der Waals surface area contributed by atoms with Gasteiger partial charge < -0.3 is 15.0 Å². The quantitative estimate of drug-likeness (QED) is 0.762. The average Bonchev–Trinajstić information content (AvgIpc) is 3.13. The van der Waals surface area contributed by atoms with E-state index in [9.17, 15) is 9.59 Å². The molecule has 5 nitrogen and oxygen atoms in total. The van der Waals surface area contributed by atoms with Crippen LogP contribution < -0.4 is 10.1 Å². The predicted molar refractivity (Wildman–Crippen MR) is 110 cm³/mol. The summed E-state index contributed by atoms with van der Waals surface area (Å²) in [6.45, 7) is 5.09. The summed E-state index contributed by atoms with van der Waals surface area (Å²) in [7, 11) is 0. The van der Waals surface area contributed by atoms with Gasteiger partial charge in [0, 0.05) is 29.0 Å². The molecule has 1 unspecified atom stereocenters. The van der Waals surface area contributed by atoms with E-state index < -0.39 is 6.04 Å². The summed E-state index contributed by atoms with van der Waals surface area (Å²) in [5.41, 5.74) is 1.77. The standard InChI is InChI=1S/C20H23ClN2O3S/c1-13(2)9-22-20(25)17-11-27-12-23(17)19(24)6-3-14-7-15-8-16(21)4-5-18(15)26-10-14/h3-8,13,17H,9-12H2,1-2H3,(H,22,25). The maximum atomic E-state index is 12.6. The summed E-state index contributed by atoms with van der Waals surface area (Å²) in [6, 6.07) is 5.04. The second-order valence-electron chi connectivity index (χ2n) is 6.99. The van der Waals surface area contributed by atoms with Gasteiger partial charge in [0.15, 0.2) is 0 Å². The molecular weight excluding hydrogens is 384 g/mol. The highest BCUT2D eigenvalue weighted by molar-refractivity contribution is 7.99. The second kappa shape index (κ2) is 8.85. The van der Waals surface area contributed by atoms with Crippen LogP contribution in [0.4, 0.5) is 0 Å². The summed E-state index contributed by atoms with van der Waals surface area (Å²) in [5.74, 6) is 2.06. The van der Waals surface area contributed by atoms with E-state index in [1.54, 1.807) is 28.8 Å². The molecule has 0 aliphatic carbocycles. The lowest BCUT2D eigenvalue weighted by Gasteiger charge is -2.22. The molecule has 2 aliphatic rings. The largest absolute Gasteiger partial charge is 0.488 e. The fourth-order valence-electron chi connectivity index (χ4n) is 2.84. The molecule has 27 heavy (non-hydrogen) atoms. The molecule has 1 aromatic carbocycles. The number of ether oxygens (including phenoxy) is 1. The first-order valence-corrected chi connectivity index (χ1v) is 10.4. The van der Waals surface area contributed by atoms with Crippen molar-refractivity contribution in [1.82, 2.24) is 10.2 Å². The lowest BCUT2D eigenvalue weighted by atomic mass is 10.1. The van der Waals surface area contributed by atoms with Gasteiger partial charge in [-0.15, -0.1) is 11.8 Å². The Morgan fingerprint density at radius 1 is 1.44 bits per heavy atom. The summed E-state index contributed by atoms with van der Waals surface area (Å²) in [4.78, 5) is 26.6. The molecule has 2 amide bonds. The lowest BCUT2D eigenvalue weighted by Crippen LogP contribution is -2.47. The molecule has 0 radical (unpaired) electrons. The number of thioether (sulfide) groups is 1. The van der Waals surface area contributed by atoms with Crippen LogP contribution in [0.15, 0.2) is 35.9 Å². The molecule has 0 bridgehead atoms. The van der Waals surface area contributed by atoms with Crippen LogP contribution in [-0.2, 0) is 9.59 Å². The normalized spacial score (nSPS) is 19.0. The van der Waals surface area contributed by atoms with Gasteiger partial charge >= 0.3 is 0 Å². The van der Waals surface area contributed by atoms with Gasteiger partial charge in [-0.2, -0.15) is 0 Å². The SMILES string of the molecule is CC(C)CNC(=O)C1CSCN1C(=O)C=CC1=Cc2cc(Cl)ccc2OC1. The molecule has 0 aromatic heterocycles. The Bertz CT molecular complexity index is 791. The van der Waals surface area contributed by atoms with Crippen LogP contribution in [0.2, 0.25) is 5.02 Å². The number of nitrogens with one attached hydrogen (secondary N) is 1. The molecule has 1 atom stereocenters. The van der Waals surface area contributed by atoms with Crippen molar-refractivity contribution in [2.75, 3.05) is 24.8 Å². The number of halogens is 1. The fourth-order valence-corrected chi connectivity index (χ4v) is 4.18. The van der Waals surface area contributed by atoms with Gasteiger partial charge in [0.05, 0.1) is 5.88 Å². The number of amides is 2. The van der Waals surface area contributed by atoms with Crippen molar-refractivity contribution in [3.05, 3.63) is 46.5 Å². The first-order valence-electron chi connectivity index (χ1n) is 8.91. The molecule has 144 valence electrons. The maximum Gasteiger partial charge on any atom is 0.247 e. The molecule has 1 aromatic rings. The maximum absolute atomic E-state index is 12.6. The Kier molecular flexibility index (Phi) is 6.50. The smallest absolute Gasteiger partial charge is 0.247 e. The summed E-state index contributed by atoms with van der Waals surface area (Å²) in [5, 5.41) is 3.55. The van der Waals surface area contributed by atoms with Gasteiger partial charge in [0.1, 0.15) is 18.4 Å². The van der Waals surface area contributed by atoms with Crippen molar-refractivity contribution < 1.29 is 14.3 Å². The molecule has 3 rings (SSSR count). The lowest BCUT2D eigenvalue weighted by molar-refractivity contribution is -0.134. The Labute approximate surface area is 168 Å². The van der Waals surface area contributed by atoms with Crippen molar-refractivity contribution in [2.24, 2.45) is 5.92 Å². The van der Waals surface area contributed by atoms with Gasteiger partial charge in [-0.05, 0) is 35.8 Å². The van der Waals surface area contributed by atoms with E-state index in [-0.39, 0.29) is 11.8 Å². The highest BCUT2D eigenvalue weighted by Gasteiger charge is 2.33. The number of hydrogen-bond acceptors (Lipinski definition) is 4. The highest BCUT2D eigenvalue weighted by Crippen LogP contribution is 2.29. The van der Waals surface area contributed by atoms with Crippen LogP contribution in [0, 0.1) is 5.92 Å². The van der Waals surface area contributed by atoms with E-state index in [4.69, 9.17) is 16.3 Å². The molecular formula is C20H23ClN2O3S. The first kappa shape index (κ1) is 19.8. The van der Waals surface area contributed by atoms with E-state index in [0.29, 0.717) is 35.7 Å². The third-order valence-corrected chi connectivity index (χ3v) is 5.55. The van der Waals surface area contributed by atoms with E-state index in [1.165, 1.54) is 6.08 Å². The molecule has 0 saturated carbocycles. The van der Waals surface area contributed by atoms with Crippen molar-refractivity contribution in [2.45, 2.75) is 19.9 Å². The van der Waals surface area contributed by atoms with Gasteiger partial charge in [0.25, 0.3) is 0 Å². The van der Waals surface area contributed by atoms with Crippen LogP contribution in [0.5, 0.6) is 5.75 Å². The second-order valence-corrected chi connectivity index (χ2v) is 8.42. The zero-order chi connectivity index (χ0) is 19.4. The van der Waals surface area contributed by atoms with Gasteiger partial charge in [0.2, 0.25) is 11.8 Å². The van der Waals surface area contributed by atoms with Gasteiger partial charge in [-0.1, -0.05) is 31.5 Å². The Morgan fingerprint density at radius 3 is 3.04 bits per heavy atom. The van der Waals surface area contributed by atoms with Crippen LogP contribution in [0.3, 0.4) is 0 Å². The number of nitrogens with zero attached hydrogens (tertiary/aromatic N) is 1. The number of carbonyl (C=O) groups is 2. The van der Waals surface area contributed by atoms with E-state index >= 15 is 0 Å². The molecule has 7 heteroatoms. The zero-order valence-electron chi connectivity index (χ0n) is 15.4. The van der Waals surface area contributed by atoms with Crippen molar-refractivity contribution in [1.29, 1.82) is 0 Å². The van der Waals surface area contributed by atoms with Gasteiger partial charge in [-0.25, -0.2) is 0 Å². The summed E-state index contributed by atoms with van der Waals surface area (Å²) >= 11 is 7.62. The summed E-state index contributed by atoms with van der Waals surface area (Å²) < 4.78 is 5.69. The van der Waals surface area contributed by atoms with E-state index in [1.807, 2.05) is 32.1 Å². The van der Waals surface area contributed by atoms with Crippen molar-refractivity contribution in [3.63, 3.8) is 0 Å². The highest BCUT2D eigenvalue weighted by atomic mass is 35.5. The Morgan fingerprint density at radius 2 is 2.26 bits per heavy atom. The number of carbonyl (C=O) groups excluding carboxylic acids is 2. The number of benzene rings is 1.